The van der Waals surface area contributed by atoms with Crippen molar-refractivity contribution in [1.82, 2.24) is 9.55 Å². The van der Waals surface area contributed by atoms with Gasteiger partial charge in [0.25, 0.3) is 0 Å². The van der Waals surface area contributed by atoms with E-state index in [1.165, 1.54) is 11.3 Å². The van der Waals surface area contributed by atoms with Gasteiger partial charge in [0.2, 0.25) is 11.8 Å². The summed E-state index contributed by atoms with van der Waals surface area (Å²) in [4.78, 5) is 40.6. The highest BCUT2D eigenvalue weighted by Gasteiger charge is 2.14. The maximum atomic E-state index is 12.7. The van der Waals surface area contributed by atoms with E-state index in [1.54, 1.807) is 29.6 Å². The van der Waals surface area contributed by atoms with Crippen molar-refractivity contribution in [2.75, 3.05) is 5.32 Å². The van der Waals surface area contributed by atoms with Crippen LogP contribution < -0.4 is 16.5 Å². The summed E-state index contributed by atoms with van der Waals surface area (Å²) in [6.45, 7) is 0.0199. The standard InChI is InChI=1S/C20H16N4O3S/c21-17(25)9-12-11-28-20(22-12)23-18(26)10-24-15-7-3-1-5-13(15)19(27)14-6-2-4-8-16(14)24/h1-8,11H,9-10H2,(H2,21,25)(H,22,23,26). The number of nitrogens with two attached hydrogens (primary N) is 1. The molecule has 0 spiro atoms. The third-order valence-corrected chi connectivity index (χ3v) is 5.14. The summed E-state index contributed by atoms with van der Waals surface area (Å²) in [5, 5.41) is 5.95. The number of hydrogen-bond acceptors (Lipinski definition) is 5. The molecule has 0 atom stereocenters. The summed E-state index contributed by atoms with van der Waals surface area (Å²) < 4.78 is 1.82. The minimum Gasteiger partial charge on any atom is -0.369 e. The topological polar surface area (TPSA) is 107 Å². The first-order valence-corrected chi connectivity index (χ1v) is 9.44. The quantitative estimate of drug-likeness (QED) is 0.508. The van der Waals surface area contributed by atoms with Crippen LogP contribution in [0.15, 0.2) is 58.7 Å². The van der Waals surface area contributed by atoms with E-state index >= 15 is 0 Å². The number of nitrogens with one attached hydrogen (secondary N) is 1. The van der Waals surface area contributed by atoms with Crippen LogP contribution in [0.3, 0.4) is 0 Å². The Bertz CT molecular complexity index is 1220. The number of aromatic nitrogens is 2. The first kappa shape index (κ1) is 17.9. The second-order valence-corrected chi connectivity index (χ2v) is 7.14. The zero-order chi connectivity index (χ0) is 19.7. The molecule has 0 unspecified atom stereocenters. The Morgan fingerprint density at radius 1 is 1.04 bits per heavy atom. The van der Waals surface area contributed by atoms with Crippen LogP contribution in [0.25, 0.3) is 21.8 Å². The van der Waals surface area contributed by atoms with Crippen LogP contribution in [0.1, 0.15) is 5.69 Å². The van der Waals surface area contributed by atoms with Gasteiger partial charge in [-0.05, 0) is 24.3 Å². The van der Waals surface area contributed by atoms with Crippen molar-refractivity contribution in [2.45, 2.75) is 13.0 Å². The summed E-state index contributed by atoms with van der Waals surface area (Å²) in [6, 6.07) is 14.4. The molecule has 0 saturated carbocycles. The Kier molecular flexibility index (Phi) is 4.62. The molecule has 7 nitrogen and oxygen atoms in total. The van der Waals surface area contributed by atoms with Gasteiger partial charge < -0.3 is 15.6 Å². The second-order valence-electron chi connectivity index (χ2n) is 6.28. The average Bonchev–Trinajstić information content (AvgIpc) is 3.11. The van der Waals surface area contributed by atoms with Crippen molar-refractivity contribution in [3.63, 3.8) is 0 Å². The van der Waals surface area contributed by atoms with E-state index in [2.05, 4.69) is 10.3 Å². The number of amides is 2. The number of fused-ring (bicyclic) bond motifs is 2. The van der Waals surface area contributed by atoms with Crippen molar-refractivity contribution in [2.24, 2.45) is 5.73 Å². The van der Waals surface area contributed by atoms with Gasteiger partial charge in [0.15, 0.2) is 10.6 Å². The Balaban J connectivity index is 1.69. The maximum absolute atomic E-state index is 12.7. The van der Waals surface area contributed by atoms with Crippen LogP contribution in [-0.2, 0) is 22.6 Å². The molecule has 2 amide bonds. The third-order valence-electron chi connectivity index (χ3n) is 4.33. The largest absolute Gasteiger partial charge is 0.369 e. The monoisotopic (exact) mass is 392 g/mol. The van der Waals surface area contributed by atoms with Gasteiger partial charge >= 0.3 is 0 Å². The maximum Gasteiger partial charge on any atom is 0.246 e. The number of nitrogens with zero attached hydrogens (tertiary/aromatic N) is 2. The fraction of sp³-hybridized carbons (Fsp3) is 0.100. The van der Waals surface area contributed by atoms with Crippen molar-refractivity contribution >= 4 is 50.1 Å². The van der Waals surface area contributed by atoms with Gasteiger partial charge in [-0.2, -0.15) is 0 Å². The molecule has 8 heteroatoms. The molecule has 2 aromatic heterocycles. The molecule has 2 heterocycles. The van der Waals surface area contributed by atoms with Crippen LogP contribution in [-0.4, -0.2) is 21.4 Å². The molecule has 0 saturated heterocycles. The van der Waals surface area contributed by atoms with Gasteiger partial charge in [-0.25, -0.2) is 4.98 Å². The van der Waals surface area contributed by atoms with Gasteiger partial charge in [0, 0.05) is 16.2 Å². The zero-order valence-corrected chi connectivity index (χ0v) is 15.5. The molecule has 0 radical (unpaired) electrons. The van der Waals surface area contributed by atoms with E-state index in [-0.39, 0.29) is 24.3 Å². The zero-order valence-electron chi connectivity index (χ0n) is 14.7. The predicted molar refractivity (Wildman–Crippen MR) is 109 cm³/mol. The molecule has 28 heavy (non-hydrogen) atoms. The van der Waals surface area contributed by atoms with Crippen LogP contribution in [0.2, 0.25) is 0 Å². The van der Waals surface area contributed by atoms with E-state index in [0.717, 1.165) is 0 Å². The van der Waals surface area contributed by atoms with Gasteiger partial charge in [-0.1, -0.05) is 24.3 Å². The summed E-state index contributed by atoms with van der Waals surface area (Å²) in [7, 11) is 0. The van der Waals surface area contributed by atoms with E-state index in [0.29, 0.717) is 32.6 Å². The molecular formula is C20H16N4O3S. The average molecular weight is 392 g/mol. The number of para-hydroxylation sites is 2. The van der Waals surface area contributed by atoms with Crippen molar-refractivity contribution in [1.29, 1.82) is 0 Å². The third kappa shape index (κ3) is 3.37. The van der Waals surface area contributed by atoms with Crippen LogP contribution in [0.4, 0.5) is 5.13 Å². The van der Waals surface area contributed by atoms with E-state index in [9.17, 15) is 14.4 Å². The van der Waals surface area contributed by atoms with E-state index in [4.69, 9.17) is 5.73 Å². The Morgan fingerprint density at radius 3 is 2.25 bits per heavy atom. The van der Waals surface area contributed by atoms with Crippen molar-refractivity contribution in [3.05, 3.63) is 69.8 Å². The highest BCUT2D eigenvalue weighted by atomic mass is 32.1. The molecule has 0 aliphatic rings. The van der Waals surface area contributed by atoms with Gasteiger partial charge in [0.05, 0.1) is 23.1 Å². The number of pyridine rings is 1. The van der Waals surface area contributed by atoms with Crippen LogP contribution in [0.5, 0.6) is 0 Å². The number of rotatable bonds is 5. The van der Waals surface area contributed by atoms with E-state index in [1.807, 2.05) is 28.8 Å². The molecule has 0 aliphatic heterocycles. The first-order valence-electron chi connectivity index (χ1n) is 8.56. The predicted octanol–water partition coefficient (Wildman–Crippen LogP) is 2.28. The highest BCUT2D eigenvalue weighted by Crippen LogP contribution is 2.20. The van der Waals surface area contributed by atoms with Gasteiger partial charge in [-0.3, -0.25) is 14.4 Å². The second kappa shape index (κ2) is 7.24. The molecular weight excluding hydrogens is 376 g/mol. The summed E-state index contributed by atoms with van der Waals surface area (Å²) in [5.74, 6) is -0.756. The Labute approximate surface area is 163 Å². The molecule has 2 aromatic carbocycles. The number of carbonyl (C=O) groups is 2. The van der Waals surface area contributed by atoms with Crippen molar-refractivity contribution < 1.29 is 9.59 Å². The first-order chi connectivity index (χ1) is 13.5. The number of benzene rings is 2. The van der Waals surface area contributed by atoms with Crippen molar-refractivity contribution in [3.8, 4) is 0 Å². The lowest BCUT2D eigenvalue weighted by Crippen LogP contribution is -2.21. The summed E-state index contributed by atoms with van der Waals surface area (Å²) >= 11 is 1.23. The Morgan fingerprint density at radius 2 is 1.64 bits per heavy atom. The lowest BCUT2D eigenvalue weighted by molar-refractivity contribution is -0.117. The lowest BCUT2D eigenvalue weighted by atomic mass is 10.1. The molecule has 0 fully saturated rings. The molecule has 3 N–H and O–H groups in total. The van der Waals surface area contributed by atoms with Gasteiger partial charge in [-0.15, -0.1) is 11.3 Å². The Hall–Kier alpha value is -3.52. The number of primary amides is 1. The molecule has 0 bridgehead atoms. The fourth-order valence-electron chi connectivity index (χ4n) is 3.17. The summed E-state index contributed by atoms with van der Waals surface area (Å²) in [5.41, 5.74) is 7.01. The fourth-order valence-corrected chi connectivity index (χ4v) is 3.90. The van der Waals surface area contributed by atoms with Crippen LogP contribution >= 0.6 is 11.3 Å². The number of anilines is 1. The lowest BCUT2D eigenvalue weighted by Gasteiger charge is -2.14. The SMILES string of the molecule is NC(=O)Cc1csc(NC(=O)Cn2c3ccccc3c(=O)c3ccccc32)n1. The summed E-state index contributed by atoms with van der Waals surface area (Å²) in [6.07, 6.45) is 0.0291. The van der Waals surface area contributed by atoms with Crippen LogP contribution in [0, 0.1) is 0 Å². The van der Waals surface area contributed by atoms with E-state index < -0.39 is 5.91 Å². The smallest absolute Gasteiger partial charge is 0.246 e. The highest BCUT2D eigenvalue weighted by molar-refractivity contribution is 7.13. The van der Waals surface area contributed by atoms with Gasteiger partial charge in [0.1, 0.15) is 6.54 Å². The minimum absolute atomic E-state index is 0.0199. The molecule has 4 rings (SSSR count). The minimum atomic E-state index is -0.477. The molecule has 0 aliphatic carbocycles. The molecule has 140 valence electrons. The number of thiazole rings is 1. The number of carbonyl (C=O) groups excluding carboxylic acids is 2. The molecule has 4 aromatic rings. The normalized spacial score (nSPS) is 11.0. The number of hydrogen-bond donors (Lipinski definition) is 2.